The zero-order chi connectivity index (χ0) is 27.6. The van der Waals surface area contributed by atoms with Crippen molar-refractivity contribution in [2.24, 2.45) is 4.99 Å². The molecule has 0 spiro atoms. The lowest BCUT2D eigenvalue weighted by Crippen LogP contribution is -2.17. The van der Waals surface area contributed by atoms with Gasteiger partial charge in [-0.2, -0.15) is 0 Å². The second kappa shape index (κ2) is 9.05. The molecule has 0 aliphatic carbocycles. The predicted molar refractivity (Wildman–Crippen MR) is 173 cm³/mol. The van der Waals surface area contributed by atoms with E-state index in [-0.39, 0.29) is 6.04 Å². The van der Waals surface area contributed by atoms with E-state index < -0.39 is 0 Å². The monoisotopic (exact) mass is 538 g/mol. The van der Waals surface area contributed by atoms with Crippen LogP contribution in [0.2, 0.25) is 0 Å². The number of para-hydroxylation sites is 2. The molecule has 0 radical (unpaired) electrons. The first-order chi connectivity index (χ1) is 20.8. The predicted octanol–water partition coefficient (Wildman–Crippen LogP) is 9.82. The molecule has 1 atom stereocenters. The van der Waals surface area contributed by atoms with Gasteiger partial charge in [-0.15, -0.1) is 0 Å². The molecule has 3 heterocycles. The van der Waals surface area contributed by atoms with E-state index in [1.54, 1.807) is 0 Å². The Hall–Kier alpha value is -5.41. The molecule has 0 saturated heterocycles. The molecule has 3 heteroatoms. The topological polar surface area (TPSA) is 30.4 Å². The van der Waals surface area contributed by atoms with Crippen LogP contribution in [0.3, 0.4) is 0 Å². The number of hydrogen-bond donors (Lipinski definition) is 0. The first-order valence-electron chi connectivity index (χ1n) is 14.5. The van der Waals surface area contributed by atoms with Gasteiger partial charge in [-0.1, -0.05) is 103 Å². The van der Waals surface area contributed by atoms with Gasteiger partial charge in [0.1, 0.15) is 11.2 Å². The lowest BCUT2D eigenvalue weighted by atomic mass is 9.87. The molecular weight excluding hydrogens is 512 g/mol. The number of furan rings is 1. The molecular formula is C39H26N2O. The highest BCUT2D eigenvalue weighted by Gasteiger charge is 2.25. The van der Waals surface area contributed by atoms with Gasteiger partial charge in [0, 0.05) is 44.4 Å². The number of rotatable bonds is 3. The van der Waals surface area contributed by atoms with Crippen LogP contribution in [-0.4, -0.2) is 10.3 Å². The summed E-state index contributed by atoms with van der Waals surface area (Å²) in [5.74, 6) is 0. The van der Waals surface area contributed by atoms with Crippen molar-refractivity contribution in [1.29, 1.82) is 0 Å². The van der Waals surface area contributed by atoms with Gasteiger partial charge in [0.05, 0.1) is 22.8 Å². The molecule has 1 unspecified atom stereocenters. The number of aromatic nitrogens is 1. The zero-order valence-corrected chi connectivity index (χ0v) is 22.9. The molecule has 198 valence electrons. The van der Waals surface area contributed by atoms with Crippen molar-refractivity contribution in [2.75, 3.05) is 0 Å². The van der Waals surface area contributed by atoms with Crippen molar-refractivity contribution in [1.82, 2.24) is 4.57 Å². The van der Waals surface area contributed by atoms with Crippen molar-refractivity contribution in [3.8, 4) is 5.69 Å². The summed E-state index contributed by atoms with van der Waals surface area (Å²) >= 11 is 0. The Morgan fingerprint density at radius 3 is 2.07 bits per heavy atom. The molecule has 0 saturated carbocycles. The Labute approximate surface area is 243 Å². The number of aliphatic imine (C=N–C) groups is 1. The maximum atomic E-state index is 6.58. The van der Waals surface area contributed by atoms with Crippen LogP contribution in [0.15, 0.2) is 149 Å². The summed E-state index contributed by atoms with van der Waals surface area (Å²) in [6.07, 6.45) is 0.897. The Kier molecular flexibility index (Phi) is 5.02. The van der Waals surface area contributed by atoms with E-state index in [0.29, 0.717) is 0 Å². The third-order valence-corrected chi connectivity index (χ3v) is 8.73. The van der Waals surface area contributed by atoms with Gasteiger partial charge in [0.15, 0.2) is 0 Å². The molecule has 0 bridgehead atoms. The van der Waals surface area contributed by atoms with E-state index in [0.717, 1.165) is 45.3 Å². The average molecular weight is 539 g/mol. The first-order valence-corrected chi connectivity index (χ1v) is 14.5. The third kappa shape index (κ3) is 3.44. The zero-order valence-electron chi connectivity index (χ0n) is 22.9. The molecule has 42 heavy (non-hydrogen) atoms. The van der Waals surface area contributed by atoms with Crippen LogP contribution in [0.1, 0.15) is 28.3 Å². The van der Waals surface area contributed by atoms with E-state index in [4.69, 9.17) is 9.41 Å². The lowest BCUT2D eigenvalue weighted by molar-refractivity contribution is 0.668. The fraction of sp³-hybridized carbons (Fsp3) is 0.0513. The summed E-state index contributed by atoms with van der Waals surface area (Å²) in [6, 6.07) is 49.6. The molecule has 2 aromatic heterocycles. The number of hydrogen-bond acceptors (Lipinski definition) is 2. The maximum absolute atomic E-state index is 6.58. The molecule has 1 aliphatic rings. The van der Waals surface area contributed by atoms with Crippen LogP contribution < -0.4 is 0 Å². The van der Waals surface area contributed by atoms with Crippen molar-refractivity contribution >= 4 is 49.5 Å². The molecule has 8 aromatic rings. The molecule has 0 N–H and O–H groups in total. The molecule has 9 rings (SSSR count). The smallest absolute Gasteiger partial charge is 0.137 e. The van der Waals surface area contributed by atoms with Crippen molar-refractivity contribution in [2.45, 2.75) is 12.5 Å². The summed E-state index contributed by atoms with van der Waals surface area (Å²) in [6.45, 7) is 0. The van der Waals surface area contributed by atoms with Crippen molar-refractivity contribution < 1.29 is 4.42 Å². The van der Waals surface area contributed by atoms with Crippen LogP contribution in [0.25, 0.3) is 49.4 Å². The molecule has 6 aromatic carbocycles. The van der Waals surface area contributed by atoms with Gasteiger partial charge in [0.2, 0.25) is 0 Å². The van der Waals surface area contributed by atoms with E-state index in [9.17, 15) is 0 Å². The number of nitrogens with zero attached hydrogens (tertiary/aromatic N) is 2. The van der Waals surface area contributed by atoms with Crippen molar-refractivity contribution in [3.05, 3.63) is 162 Å². The molecule has 0 amide bonds. The van der Waals surface area contributed by atoms with E-state index in [1.165, 1.54) is 38.5 Å². The average Bonchev–Trinajstić information content (AvgIpc) is 3.60. The van der Waals surface area contributed by atoms with E-state index in [1.807, 2.05) is 0 Å². The fourth-order valence-corrected chi connectivity index (χ4v) is 6.84. The van der Waals surface area contributed by atoms with Crippen LogP contribution in [0.5, 0.6) is 0 Å². The van der Waals surface area contributed by atoms with Gasteiger partial charge in [-0.25, -0.2) is 0 Å². The Balaban J connectivity index is 1.26. The largest absolute Gasteiger partial charge is 0.456 e. The molecule has 3 nitrogen and oxygen atoms in total. The highest BCUT2D eigenvalue weighted by Crippen LogP contribution is 2.39. The Bertz CT molecular complexity index is 2290. The molecule has 0 fully saturated rings. The summed E-state index contributed by atoms with van der Waals surface area (Å²) < 4.78 is 8.92. The minimum atomic E-state index is 0.0754. The minimum absolute atomic E-state index is 0.0754. The summed E-state index contributed by atoms with van der Waals surface area (Å²) in [5.41, 5.74) is 11.1. The van der Waals surface area contributed by atoms with Gasteiger partial charge >= 0.3 is 0 Å². The first kappa shape index (κ1) is 23.3. The molecule has 1 aliphatic heterocycles. The van der Waals surface area contributed by atoms with Crippen LogP contribution in [0.4, 0.5) is 0 Å². The summed E-state index contributed by atoms with van der Waals surface area (Å²) in [5, 5.41) is 4.72. The number of fused-ring (bicyclic) bond motifs is 7. The highest BCUT2D eigenvalue weighted by atomic mass is 16.3. The maximum Gasteiger partial charge on any atom is 0.137 e. The van der Waals surface area contributed by atoms with E-state index >= 15 is 0 Å². The number of benzene rings is 6. The van der Waals surface area contributed by atoms with Gasteiger partial charge in [-0.3, -0.25) is 4.99 Å². The quantitative estimate of drug-likeness (QED) is 0.220. The highest BCUT2D eigenvalue weighted by molar-refractivity contribution is 6.24. The standard InChI is InChI=1S/C39H26N2O/c1-2-11-25(12-3-1)33-23-26-13-4-5-14-28(26)39(40-33)32-17-10-20-36-38(32)31-22-21-27(24-37(31)42-36)41-34-18-8-6-15-29(34)30-16-7-9-19-35(30)41/h1-22,24,33H,23H2. The van der Waals surface area contributed by atoms with Gasteiger partial charge < -0.3 is 8.98 Å². The second-order valence-corrected chi connectivity index (χ2v) is 11.1. The van der Waals surface area contributed by atoms with Crippen molar-refractivity contribution in [3.63, 3.8) is 0 Å². The minimum Gasteiger partial charge on any atom is -0.456 e. The normalized spacial score (nSPS) is 15.0. The fourth-order valence-electron chi connectivity index (χ4n) is 6.84. The van der Waals surface area contributed by atoms with Crippen LogP contribution in [-0.2, 0) is 6.42 Å². The third-order valence-electron chi connectivity index (χ3n) is 8.73. The van der Waals surface area contributed by atoms with Crippen LogP contribution >= 0.6 is 0 Å². The van der Waals surface area contributed by atoms with Gasteiger partial charge in [0.25, 0.3) is 0 Å². The Morgan fingerprint density at radius 2 is 1.26 bits per heavy atom. The van der Waals surface area contributed by atoms with E-state index in [2.05, 4.69) is 144 Å². The lowest BCUT2D eigenvalue weighted by Gasteiger charge is -2.24. The summed E-state index contributed by atoms with van der Waals surface area (Å²) in [7, 11) is 0. The second-order valence-electron chi connectivity index (χ2n) is 11.1. The Morgan fingerprint density at radius 1 is 0.571 bits per heavy atom. The SMILES string of the molecule is c1ccc(C2Cc3ccccc3C(c3cccc4oc5cc(-n6c7ccccc7c7ccccc76)ccc5c34)=N2)cc1. The van der Waals surface area contributed by atoms with Crippen LogP contribution in [0, 0.1) is 0 Å². The van der Waals surface area contributed by atoms with Gasteiger partial charge in [-0.05, 0) is 47.9 Å². The summed E-state index contributed by atoms with van der Waals surface area (Å²) in [4.78, 5) is 5.40.